The Balaban J connectivity index is 0.000000505. The van der Waals surface area contributed by atoms with E-state index in [9.17, 15) is 32.7 Å². The number of amides is 2. The Labute approximate surface area is 223 Å². The molecule has 1 fully saturated rings. The molecule has 0 saturated carbocycles. The number of fused-ring (bicyclic) bond motifs is 1. The molecule has 38 heavy (non-hydrogen) atoms. The van der Waals surface area contributed by atoms with Crippen LogP contribution >= 0.6 is 34.9 Å². The number of nitrogen functional groups attached to an aromatic ring is 1. The molecule has 2 atom stereocenters. The van der Waals surface area contributed by atoms with Crippen molar-refractivity contribution in [3.8, 4) is 0 Å². The van der Waals surface area contributed by atoms with Gasteiger partial charge in [0.25, 0.3) is 5.91 Å². The quantitative estimate of drug-likeness (QED) is 0.197. The Bertz CT molecular complexity index is 1270. The minimum Gasteiger partial charge on any atom is -0.477 e. The summed E-state index contributed by atoms with van der Waals surface area (Å²) in [5, 5.41) is 35.6. The molecule has 4 heterocycles. The number of carbonyl (C=O) groups is 4. The third kappa shape index (κ3) is 6.83. The van der Waals surface area contributed by atoms with E-state index >= 15 is 0 Å². The minimum absolute atomic E-state index is 0.0436. The summed E-state index contributed by atoms with van der Waals surface area (Å²) in [6.07, 6.45) is -5.08. The molecule has 0 spiro atoms. The van der Waals surface area contributed by atoms with Gasteiger partial charge in [-0.15, -0.1) is 28.2 Å². The van der Waals surface area contributed by atoms with Gasteiger partial charge in [0.05, 0.1) is 6.54 Å². The van der Waals surface area contributed by atoms with Crippen LogP contribution in [0.15, 0.2) is 21.8 Å². The second-order valence-corrected chi connectivity index (χ2v) is 10.3. The molecule has 4 rings (SSSR count). The molecule has 6 N–H and O–H groups in total. The van der Waals surface area contributed by atoms with E-state index in [0.717, 1.165) is 0 Å². The van der Waals surface area contributed by atoms with Gasteiger partial charge in [0.15, 0.2) is 5.13 Å². The number of nitrogens with one attached hydrogen (secondary N) is 2. The largest absolute Gasteiger partial charge is 0.490 e. The first-order valence-corrected chi connectivity index (χ1v) is 13.0. The van der Waals surface area contributed by atoms with Gasteiger partial charge in [-0.25, -0.2) is 19.3 Å². The lowest BCUT2D eigenvalue weighted by molar-refractivity contribution is -0.192. The van der Waals surface area contributed by atoms with Crippen LogP contribution in [0, 0.1) is 0 Å². The van der Waals surface area contributed by atoms with Crippen LogP contribution < -0.4 is 16.4 Å². The number of rotatable bonds is 8. The number of thioether (sulfide) groups is 2. The average molecular weight is 598 g/mol. The van der Waals surface area contributed by atoms with Crippen LogP contribution in [0.2, 0.25) is 0 Å². The van der Waals surface area contributed by atoms with Gasteiger partial charge in [-0.2, -0.15) is 13.2 Å². The lowest BCUT2D eigenvalue weighted by Crippen LogP contribution is -2.71. The third-order valence-corrected chi connectivity index (χ3v) is 7.83. The summed E-state index contributed by atoms with van der Waals surface area (Å²) < 4.78 is 33.2. The van der Waals surface area contributed by atoms with Crippen molar-refractivity contribution in [3.63, 3.8) is 0 Å². The first-order chi connectivity index (χ1) is 17.8. The maximum absolute atomic E-state index is 12.7. The SMILES string of the molecule is Cn1nnnc1SCC1=C(C(=O)O)N2C(=O)[C@@H](NC(=O)CNc3csc(N)n3)[C@@H]2SC1.O=C(O)C(F)(F)F. The number of nitrogens with two attached hydrogens (primary N) is 1. The lowest BCUT2D eigenvalue weighted by Gasteiger charge is -2.49. The number of thiazole rings is 1. The molecule has 15 nitrogen and oxygen atoms in total. The summed E-state index contributed by atoms with van der Waals surface area (Å²) >= 11 is 3.94. The fourth-order valence-corrected chi connectivity index (χ4v) is 5.91. The molecular weight excluding hydrogens is 579 g/mol. The molecule has 2 amide bonds. The van der Waals surface area contributed by atoms with Crippen molar-refractivity contribution in [2.45, 2.75) is 22.7 Å². The number of hydrogen-bond acceptors (Lipinski definition) is 13. The smallest absolute Gasteiger partial charge is 0.477 e. The number of β-lactam (4-membered cyclic amide) rings is 1. The number of hydrogen-bond donors (Lipinski definition) is 5. The van der Waals surface area contributed by atoms with E-state index in [1.54, 1.807) is 12.4 Å². The van der Waals surface area contributed by atoms with Gasteiger partial charge in [0, 0.05) is 23.9 Å². The molecule has 0 unspecified atom stereocenters. The number of carboxylic acids is 2. The van der Waals surface area contributed by atoms with Gasteiger partial charge in [0.1, 0.15) is 22.9 Å². The van der Waals surface area contributed by atoms with Crippen LogP contribution in [0.25, 0.3) is 0 Å². The number of tetrazole rings is 1. The topological polar surface area (TPSA) is 219 Å². The van der Waals surface area contributed by atoms with Crippen LogP contribution in [-0.2, 0) is 26.2 Å². The standard InChI is InChI=1S/C15H17N9O4S3.C2HF3O2/c1-23-15(20-21-22-23)31-4-6-3-29-12-9(11(26)24(12)10(6)13(27)28)19-8(25)2-17-7-5-30-14(16)18-7;3-2(4,5)1(6)7/h5,9,12,17H,2-4H2,1H3,(H2,16,18)(H,19,25)(H,27,28);(H,6,7)/t9-,12+;/m1./s1. The Morgan fingerprint density at radius 1 is 1.32 bits per heavy atom. The summed E-state index contributed by atoms with van der Waals surface area (Å²) in [5.74, 6) is -3.58. The molecule has 21 heteroatoms. The van der Waals surface area contributed by atoms with Crippen molar-refractivity contribution in [2.75, 3.05) is 29.1 Å². The first-order valence-electron chi connectivity index (χ1n) is 10.1. The van der Waals surface area contributed by atoms with Crippen LogP contribution in [0.4, 0.5) is 24.1 Å². The highest BCUT2D eigenvalue weighted by Crippen LogP contribution is 2.41. The number of alkyl halides is 3. The maximum Gasteiger partial charge on any atom is 0.490 e. The monoisotopic (exact) mass is 597 g/mol. The second-order valence-electron chi connectivity index (χ2n) is 7.31. The van der Waals surface area contributed by atoms with Gasteiger partial charge in [-0.3, -0.25) is 14.5 Å². The number of anilines is 2. The Morgan fingerprint density at radius 3 is 2.53 bits per heavy atom. The van der Waals surface area contributed by atoms with Crippen LogP contribution in [-0.4, -0.2) is 99.7 Å². The predicted molar refractivity (Wildman–Crippen MR) is 128 cm³/mol. The number of carboxylic acid groups (broad SMARTS) is 2. The van der Waals surface area contributed by atoms with E-state index in [0.29, 0.717) is 33.2 Å². The van der Waals surface area contributed by atoms with E-state index in [2.05, 4.69) is 31.1 Å². The van der Waals surface area contributed by atoms with Gasteiger partial charge >= 0.3 is 18.1 Å². The zero-order chi connectivity index (χ0) is 28.2. The molecule has 2 aromatic rings. The first kappa shape index (κ1) is 29.0. The van der Waals surface area contributed by atoms with Gasteiger partial charge in [0.2, 0.25) is 11.1 Å². The second kappa shape index (κ2) is 11.9. The molecule has 2 aromatic heterocycles. The molecule has 0 aliphatic carbocycles. The number of aliphatic carboxylic acids is 2. The average Bonchev–Trinajstić information content (AvgIpc) is 3.46. The number of halogens is 3. The van der Waals surface area contributed by atoms with Crippen molar-refractivity contribution < 1.29 is 42.6 Å². The maximum atomic E-state index is 12.7. The highest BCUT2D eigenvalue weighted by molar-refractivity contribution is 8.01. The Kier molecular flexibility index (Phi) is 9.04. The fraction of sp³-hybridized carbons (Fsp3) is 0.412. The van der Waals surface area contributed by atoms with E-state index < -0.39 is 41.3 Å². The molecule has 206 valence electrons. The Hall–Kier alpha value is -3.59. The van der Waals surface area contributed by atoms with Crippen molar-refractivity contribution in [2.24, 2.45) is 7.05 Å². The van der Waals surface area contributed by atoms with Crippen molar-refractivity contribution in [3.05, 3.63) is 16.7 Å². The molecular formula is C17H18F3N9O6S3. The molecule has 0 radical (unpaired) electrons. The number of carbonyl (C=O) groups excluding carboxylic acids is 2. The summed E-state index contributed by atoms with van der Waals surface area (Å²) in [7, 11) is 1.69. The zero-order valence-electron chi connectivity index (χ0n) is 19.0. The summed E-state index contributed by atoms with van der Waals surface area (Å²) in [5.41, 5.74) is 6.10. The molecule has 0 bridgehead atoms. The van der Waals surface area contributed by atoms with Crippen LogP contribution in [0.1, 0.15) is 0 Å². The molecule has 0 aromatic carbocycles. The predicted octanol–water partition coefficient (Wildman–Crippen LogP) is -0.175. The van der Waals surface area contributed by atoms with Crippen molar-refractivity contribution in [1.82, 2.24) is 35.4 Å². The van der Waals surface area contributed by atoms with Crippen molar-refractivity contribution in [1.29, 1.82) is 0 Å². The van der Waals surface area contributed by atoms with E-state index in [4.69, 9.17) is 15.6 Å². The minimum atomic E-state index is -5.08. The van der Waals surface area contributed by atoms with E-state index in [-0.39, 0.29) is 12.2 Å². The normalized spacial score (nSPS) is 18.6. The van der Waals surface area contributed by atoms with Gasteiger partial charge < -0.3 is 26.6 Å². The summed E-state index contributed by atoms with van der Waals surface area (Å²) in [6, 6.07) is -0.786. The lowest BCUT2D eigenvalue weighted by atomic mass is 10.0. The van der Waals surface area contributed by atoms with E-state index in [1.807, 2.05) is 0 Å². The third-order valence-electron chi connectivity index (χ3n) is 4.72. The highest BCUT2D eigenvalue weighted by Gasteiger charge is 2.54. The number of aryl methyl sites for hydroxylation is 1. The van der Waals surface area contributed by atoms with Crippen LogP contribution in [0.3, 0.4) is 0 Å². The number of aromatic nitrogens is 5. The molecule has 2 aliphatic heterocycles. The fourth-order valence-electron chi connectivity index (χ4n) is 3.05. The van der Waals surface area contributed by atoms with Gasteiger partial charge in [-0.05, 0) is 16.0 Å². The molecule has 2 aliphatic rings. The Morgan fingerprint density at radius 2 is 2.00 bits per heavy atom. The van der Waals surface area contributed by atoms with Crippen LogP contribution in [0.5, 0.6) is 0 Å². The highest BCUT2D eigenvalue weighted by atomic mass is 32.2. The number of nitrogens with zero attached hydrogens (tertiary/aromatic N) is 6. The summed E-state index contributed by atoms with van der Waals surface area (Å²) in [4.78, 5) is 50.9. The van der Waals surface area contributed by atoms with Crippen molar-refractivity contribution >= 4 is 69.6 Å². The zero-order valence-corrected chi connectivity index (χ0v) is 21.4. The van der Waals surface area contributed by atoms with E-state index in [1.165, 1.54) is 44.4 Å². The summed E-state index contributed by atoms with van der Waals surface area (Å²) in [6.45, 7) is -0.0837. The molecule has 1 saturated heterocycles. The van der Waals surface area contributed by atoms with Gasteiger partial charge in [-0.1, -0.05) is 11.8 Å².